The molecular formula is C27H30N2O2. The van der Waals surface area contributed by atoms with Gasteiger partial charge in [0, 0.05) is 36.7 Å². The number of carbonyl (C=O) groups is 1. The van der Waals surface area contributed by atoms with Crippen LogP contribution < -0.4 is 4.74 Å². The molecule has 2 heterocycles. The summed E-state index contributed by atoms with van der Waals surface area (Å²) in [6.07, 6.45) is 4.54. The van der Waals surface area contributed by atoms with Crippen LogP contribution in [0, 0.1) is 0 Å². The molecule has 1 aliphatic heterocycles. The normalized spacial score (nSPS) is 16.2. The smallest absolute Gasteiger partial charge is 0.222 e. The molecule has 1 fully saturated rings. The molecule has 0 bridgehead atoms. The van der Waals surface area contributed by atoms with Crippen LogP contribution in [0.4, 0.5) is 0 Å². The van der Waals surface area contributed by atoms with E-state index in [2.05, 4.69) is 36.4 Å². The summed E-state index contributed by atoms with van der Waals surface area (Å²) in [5.41, 5.74) is 4.27. The summed E-state index contributed by atoms with van der Waals surface area (Å²) in [6, 6.07) is 24.5. The van der Waals surface area contributed by atoms with Gasteiger partial charge in [-0.25, -0.2) is 0 Å². The number of rotatable bonds is 7. The summed E-state index contributed by atoms with van der Waals surface area (Å²) in [4.78, 5) is 19.8. The number of methoxy groups -OCH3 is 1. The zero-order valence-electron chi connectivity index (χ0n) is 18.2. The van der Waals surface area contributed by atoms with E-state index in [9.17, 15) is 4.79 Å². The molecule has 0 N–H and O–H groups in total. The largest absolute Gasteiger partial charge is 0.496 e. The Kier molecular flexibility index (Phi) is 6.98. The number of benzene rings is 2. The lowest BCUT2D eigenvalue weighted by Crippen LogP contribution is -2.39. The van der Waals surface area contributed by atoms with E-state index in [1.54, 1.807) is 7.11 Å². The number of hydrogen-bond donors (Lipinski definition) is 0. The summed E-state index contributed by atoms with van der Waals surface area (Å²) in [7, 11) is 1.69. The van der Waals surface area contributed by atoms with Crippen molar-refractivity contribution in [2.45, 2.75) is 38.0 Å². The summed E-state index contributed by atoms with van der Waals surface area (Å²) in [6.45, 7) is 1.61. The van der Waals surface area contributed by atoms with E-state index in [4.69, 9.17) is 9.72 Å². The van der Waals surface area contributed by atoms with E-state index >= 15 is 0 Å². The highest BCUT2D eigenvalue weighted by atomic mass is 16.5. The van der Waals surface area contributed by atoms with Gasteiger partial charge in [0.2, 0.25) is 5.91 Å². The van der Waals surface area contributed by atoms with Gasteiger partial charge < -0.3 is 9.64 Å². The SMILES string of the molecule is COc1ccccc1-c1cccc([C@H]2CCCN(C(=O)CCCc3ccccc3)C2)n1. The topological polar surface area (TPSA) is 42.4 Å². The van der Waals surface area contributed by atoms with Crippen LogP contribution in [0.3, 0.4) is 0 Å². The van der Waals surface area contributed by atoms with Crippen LogP contribution in [0.25, 0.3) is 11.3 Å². The van der Waals surface area contributed by atoms with Gasteiger partial charge in [0.1, 0.15) is 5.75 Å². The van der Waals surface area contributed by atoms with E-state index in [1.807, 2.05) is 41.3 Å². The van der Waals surface area contributed by atoms with Crippen LogP contribution in [0.5, 0.6) is 5.75 Å². The zero-order valence-corrected chi connectivity index (χ0v) is 18.2. The second-order valence-electron chi connectivity index (χ2n) is 8.17. The minimum Gasteiger partial charge on any atom is -0.496 e. The number of pyridine rings is 1. The van der Waals surface area contributed by atoms with E-state index in [1.165, 1.54) is 5.56 Å². The Labute approximate surface area is 184 Å². The second kappa shape index (κ2) is 10.3. The van der Waals surface area contributed by atoms with Gasteiger partial charge in [0.15, 0.2) is 0 Å². The number of aromatic nitrogens is 1. The Hall–Kier alpha value is -3.14. The highest BCUT2D eigenvalue weighted by molar-refractivity contribution is 5.76. The quantitative estimate of drug-likeness (QED) is 0.514. The molecule has 0 unspecified atom stereocenters. The number of amides is 1. The number of aryl methyl sites for hydroxylation is 1. The highest BCUT2D eigenvalue weighted by Crippen LogP contribution is 2.31. The van der Waals surface area contributed by atoms with Gasteiger partial charge in [-0.2, -0.15) is 0 Å². The van der Waals surface area contributed by atoms with E-state index in [0.29, 0.717) is 6.42 Å². The van der Waals surface area contributed by atoms with E-state index in [0.717, 1.165) is 61.5 Å². The lowest BCUT2D eigenvalue weighted by atomic mass is 9.93. The number of likely N-dealkylation sites (tertiary alicyclic amines) is 1. The first-order valence-corrected chi connectivity index (χ1v) is 11.2. The highest BCUT2D eigenvalue weighted by Gasteiger charge is 2.25. The number of carbonyl (C=O) groups excluding carboxylic acids is 1. The molecule has 1 atom stereocenters. The zero-order chi connectivity index (χ0) is 21.5. The van der Waals surface area contributed by atoms with Crippen LogP contribution in [0.2, 0.25) is 0 Å². The van der Waals surface area contributed by atoms with Crippen molar-refractivity contribution in [3.8, 4) is 17.0 Å². The van der Waals surface area contributed by atoms with Crippen molar-refractivity contribution >= 4 is 5.91 Å². The van der Waals surface area contributed by atoms with Crippen LogP contribution in [-0.2, 0) is 11.2 Å². The molecule has 1 aromatic heterocycles. The first-order valence-electron chi connectivity index (χ1n) is 11.2. The maximum Gasteiger partial charge on any atom is 0.222 e. The predicted octanol–water partition coefficient (Wildman–Crippen LogP) is 5.49. The Morgan fingerprint density at radius 2 is 1.84 bits per heavy atom. The monoisotopic (exact) mass is 414 g/mol. The Balaban J connectivity index is 1.40. The molecule has 1 aliphatic rings. The third-order valence-electron chi connectivity index (χ3n) is 6.04. The minimum atomic E-state index is 0.265. The number of nitrogens with zero attached hydrogens (tertiary/aromatic N) is 2. The van der Waals surface area contributed by atoms with Crippen LogP contribution in [-0.4, -0.2) is 36.0 Å². The van der Waals surface area contributed by atoms with Crippen molar-refractivity contribution in [2.24, 2.45) is 0 Å². The lowest BCUT2D eigenvalue weighted by Gasteiger charge is -2.32. The van der Waals surface area contributed by atoms with Crippen molar-refractivity contribution in [1.29, 1.82) is 0 Å². The van der Waals surface area contributed by atoms with Gasteiger partial charge in [0.25, 0.3) is 0 Å². The van der Waals surface area contributed by atoms with Gasteiger partial charge in [-0.15, -0.1) is 0 Å². The summed E-state index contributed by atoms with van der Waals surface area (Å²) >= 11 is 0. The van der Waals surface area contributed by atoms with E-state index < -0.39 is 0 Å². The number of hydrogen-bond acceptors (Lipinski definition) is 3. The molecule has 2 aromatic carbocycles. The van der Waals surface area contributed by atoms with Crippen molar-refractivity contribution in [2.75, 3.05) is 20.2 Å². The molecule has 4 rings (SSSR count). The van der Waals surface area contributed by atoms with E-state index in [-0.39, 0.29) is 11.8 Å². The van der Waals surface area contributed by atoms with Gasteiger partial charge in [-0.3, -0.25) is 9.78 Å². The Bertz CT molecular complexity index is 1000. The Morgan fingerprint density at radius 1 is 1.03 bits per heavy atom. The average Bonchev–Trinajstić information content (AvgIpc) is 2.85. The molecule has 160 valence electrons. The van der Waals surface area contributed by atoms with Gasteiger partial charge >= 0.3 is 0 Å². The molecule has 0 saturated carbocycles. The molecule has 0 radical (unpaired) electrons. The van der Waals surface area contributed by atoms with Gasteiger partial charge in [-0.1, -0.05) is 48.5 Å². The van der Waals surface area contributed by atoms with Crippen molar-refractivity contribution in [3.63, 3.8) is 0 Å². The molecule has 4 nitrogen and oxygen atoms in total. The fourth-order valence-corrected chi connectivity index (χ4v) is 4.38. The van der Waals surface area contributed by atoms with Gasteiger partial charge in [-0.05, 0) is 55.5 Å². The first kappa shape index (κ1) is 21.1. The second-order valence-corrected chi connectivity index (χ2v) is 8.17. The molecule has 1 amide bonds. The fourth-order valence-electron chi connectivity index (χ4n) is 4.38. The maximum atomic E-state index is 12.8. The first-order chi connectivity index (χ1) is 15.2. The summed E-state index contributed by atoms with van der Waals surface area (Å²) in [5, 5.41) is 0. The van der Waals surface area contributed by atoms with Crippen LogP contribution in [0.1, 0.15) is 42.9 Å². The molecule has 0 spiro atoms. The van der Waals surface area contributed by atoms with Crippen molar-refractivity contribution in [3.05, 3.63) is 84.1 Å². The molecular weight excluding hydrogens is 384 g/mol. The van der Waals surface area contributed by atoms with Crippen LogP contribution >= 0.6 is 0 Å². The third-order valence-corrected chi connectivity index (χ3v) is 6.04. The van der Waals surface area contributed by atoms with Crippen molar-refractivity contribution < 1.29 is 9.53 Å². The molecule has 1 saturated heterocycles. The fraction of sp³-hybridized carbons (Fsp3) is 0.333. The summed E-state index contributed by atoms with van der Waals surface area (Å²) < 4.78 is 5.51. The standard InChI is InChI=1S/C27H30N2O2/c1-31-26-17-6-5-14-23(26)25-16-8-15-24(28-25)22-13-9-19-29(20-22)27(30)18-7-12-21-10-3-2-4-11-21/h2-6,8,10-11,14-17,22H,7,9,12-13,18-20H2,1H3/t22-/m0/s1. The predicted molar refractivity (Wildman–Crippen MR) is 124 cm³/mol. The number of para-hydroxylation sites is 1. The molecule has 0 aliphatic carbocycles. The summed E-state index contributed by atoms with van der Waals surface area (Å²) in [5.74, 6) is 1.37. The van der Waals surface area contributed by atoms with Crippen molar-refractivity contribution in [1.82, 2.24) is 9.88 Å². The number of piperidine rings is 1. The molecule has 31 heavy (non-hydrogen) atoms. The van der Waals surface area contributed by atoms with Gasteiger partial charge in [0.05, 0.1) is 12.8 Å². The maximum absolute atomic E-state index is 12.8. The Morgan fingerprint density at radius 3 is 2.68 bits per heavy atom. The third kappa shape index (κ3) is 5.32. The molecule has 4 heteroatoms. The minimum absolute atomic E-state index is 0.265. The lowest BCUT2D eigenvalue weighted by molar-refractivity contribution is -0.132. The number of ether oxygens (including phenoxy) is 1. The average molecular weight is 415 g/mol. The molecule has 3 aromatic rings. The van der Waals surface area contributed by atoms with Crippen LogP contribution in [0.15, 0.2) is 72.8 Å².